The molecular formula is C28H42N2O7. The number of nitrogens with two attached hydrogens (primary N) is 1. The number of carbonyl (C=O) groups is 3. The van der Waals surface area contributed by atoms with Crippen molar-refractivity contribution in [1.82, 2.24) is 5.32 Å². The van der Waals surface area contributed by atoms with Crippen molar-refractivity contribution in [2.45, 2.75) is 109 Å². The maximum absolute atomic E-state index is 12.3. The van der Waals surface area contributed by atoms with Crippen LogP contribution in [0.3, 0.4) is 0 Å². The Hall–Kier alpha value is -2.49. The van der Waals surface area contributed by atoms with E-state index in [0.29, 0.717) is 6.61 Å². The average molecular weight is 519 g/mol. The van der Waals surface area contributed by atoms with Gasteiger partial charge in [-0.15, -0.1) is 0 Å². The van der Waals surface area contributed by atoms with Crippen molar-refractivity contribution >= 4 is 17.8 Å². The zero-order valence-electron chi connectivity index (χ0n) is 22.6. The molecule has 206 valence electrons. The summed E-state index contributed by atoms with van der Waals surface area (Å²) >= 11 is 0. The van der Waals surface area contributed by atoms with Crippen molar-refractivity contribution in [1.29, 1.82) is 0 Å². The summed E-state index contributed by atoms with van der Waals surface area (Å²) in [4.78, 5) is 34.7. The minimum Gasteiger partial charge on any atom is -0.459 e. The molecule has 3 heterocycles. The Labute approximate surface area is 219 Å². The normalized spacial score (nSPS) is 35.0. The van der Waals surface area contributed by atoms with Gasteiger partial charge in [0.1, 0.15) is 6.10 Å². The van der Waals surface area contributed by atoms with Crippen LogP contribution in [0.25, 0.3) is 0 Å². The van der Waals surface area contributed by atoms with Gasteiger partial charge in [0.25, 0.3) is 0 Å². The summed E-state index contributed by atoms with van der Waals surface area (Å²) in [5.74, 6) is -0.706. The SMILES string of the molecule is CC(=O)OC(C)C=CC(=O)N[C@@H]1C[C@H](C)[C@H](C/C=C(C)/C=C/[C@@H]2C[C@]3(CO3)C[C@@H](CC(N)=O)O2)O[C@@H]1C. The van der Waals surface area contributed by atoms with Crippen LogP contribution < -0.4 is 11.1 Å². The lowest BCUT2D eigenvalue weighted by Crippen LogP contribution is -2.50. The van der Waals surface area contributed by atoms with E-state index in [9.17, 15) is 14.4 Å². The monoisotopic (exact) mass is 518 g/mol. The van der Waals surface area contributed by atoms with Crippen LogP contribution in [-0.2, 0) is 33.3 Å². The highest BCUT2D eigenvalue weighted by molar-refractivity contribution is 5.87. The van der Waals surface area contributed by atoms with Gasteiger partial charge in [0.15, 0.2) is 0 Å². The van der Waals surface area contributed by atoms with Crippen LogP contribution in [0, 0.1) is 5.92 Å². The van der Waals surface area contributed by atoms with Crippen molar-refractivity contribution < 1.29 is 33.3 Å². The lowest BCUT2D eigenvalue weighted by molar-refractivity contribution is -0.143. The lowest BCUT2D eigenvalue weighted by Gasteiger charge is -2.39. The maximum atomic E-state index is 12.3. The van der Waals surface area contributed by atoms with Gasteiger partial charge in [0.05, 0.1) is 49.1 Å². The zero-order valence-corrected chi connectivity index (χ0v) is 22.6. The first-order chi connectivity index (χ1) is 17.4. The number of ether oxygens (including phenoxy) is 4. The standard InChI is InChI=1S/C28H42N2O7/c1-17(6-9-22-14-28(16-34-28)15-23(37-22)13-26(29)32)7-10-25-18(2)12-24(20(4)36-25)30-27(33)11-8-19(3)35-21(5)31/h6-9,11,18-20,22-25H,10,12-16H2,1-5H3,(H2,29,32)(H,30,33)/b9-6+,11-8?,17-7+/t18-,19?,20+,22+,23+,24+,25-,28+/m0/s1. The van der Waals surface area contributed by atoms with Gasteiger partial charge in [-0.05, 0) is 45.6 Å². The van der Waals surface area contributed by atoms with Gasteiger partial charge >= 0.3 is 5.97 Å². The van der Waals surface area contributed by atoms with Gasteiger partial charge in [-0.1, -0.05) is 30.7 Å². The fourth-order valence-corrected chi connectivity index (χ4v) is 5.10. The Bertz CT molecular complexity index is 923. The average Bonchev–Trinajstić information content (AvgIpc) is 3.54. The molecule has 1 unspecified atom stereocenters. The molecule has 3 aliphatic heterocycles. The molecule has 9 heteroatoms. The molecule has 3 fully saturated rings. The van der Waals surface area contributed by atoms with Crippen LogP contribution in [0.2, 0.25) is 0 Å². The van der Waals surface area contributed by atoms with Crippen molar-refractivity contribution in [3.63, 3.8) is 0 Å². The van der Waals surface area contributed by atoms with Crippen molar-refractivity contribution in [2.24, 2.45) is 11.7 Å². The third-order valence-electron chi connectivity index (χ3n) is 7.18. The number of primary amides is 1. The molecule has 3 N–H and O–H groups in total. The van der Waals surface area contributed by atoms with Crippen molar-refractivity contribution in [3.05, 3.63) is 36.0 Å². The van der Waals surface area contributed by atoms with E-state index in [0.717, 1.165) is 31.3 Å². The van der Waals surface area contributed by atoms with E-state index >= 15 is 0 Å². The molecule has 3 saturated heterocycles. The van der Waals surface area contributed by atoms with Crippen molar-refractivity contribution in [2.75, 3.05) is 6.61 Å². The molecule has 37 heavy (non-hydrogen) atoms. The number of carbonyl (C=O) groups excluding carboxylic acids is 3. The third-order valence-corrected chi connectivity index (χ3v) is 7.18. The Morgan fingerprint density at radius 1 is 1.16 bits per heavy atom. The van der Waals surface area contributed by atoms with Crippen LogP contribution >= 0.6 is 0 Å². The summed E-state index contributed by atoms with van der Waals surface area (Å²) in [6.07, 6.45) is 11.7. The van der Waals surface area contributed by atoms with Crippen LogP contribution in [-0.4, -0.2) is 66.6 Å². The van der Waals surface area contributed by atoms with Gasteiger partial charge in [0, 0.05) is 25.8 Å². The third kappa shape index (κ3) is 9.39. The van der Waals surface area contributed by atoms with Gasteiger partial charge in [-0.3, -0.25) is 14.4 Å². The second kappa shape index (κ2) is 12.8. The summed E-state index contributed by atoms with van der Waals surface area (Å²) in [6, 6.07) is -0.0915. The molecule has 0 bridgehead atoms. The molecule has 0 aromatic heterocycles. The predicted molar refractivity (Wildman–Crippen MR) is 138 cm³/mol. The summed E-state index contributed by atoms with van der Waals surface area (Å²) < 4.78 is 23.0. The predicted octanol–water partition coefficient (Wildman–Crippen LogP) is 2.88. The summed E-state index contributed by atoms with van der Waals surface area (Å²) in [7, 11) is 0. The Morgan fingerprint density at radius 2 is 1.89 bits per heavy atom. The number of epoxide rings is 1. The molecule has 0 aromatic rings. The Balaban J connectivity index is 1.46. The molecule has 0 aromatic carbocycles. The molecule has 9 nitrogen and oxygen atoms in total. The Morgan fingerprint density at radius 3 is 2.54 bits per heavy atom. The number of allylic oxidation sites excluding steroid dienone is 2. The summed E-state index contributed by atoms with van der Waals surface area (Å²) in [6.45, 7) is 9.91. The number of esters is 1. The topological polar surface area (TPSA) is 129 Å². The maximum Gasteiger partial charge on any atom is 0.303 e. The van der Waals surface area contributed by atoms with E-state index < -0.39 is 6.10 Å². The van der Waals surface area contributed by atoms with E-state index in [1.807, 2.05) is 19.9 Å². The van der Waals surface area contributed by atoms with Gasteiger partial charge in [-0.25, -0.2) is 0 Å². The second-order valence-electron chi connectivity index (χ2n) is 10.8. The number of hydrogen-bond donors (Lipinski definition) is 2. The Kier molecular flexibility index (Phi) is 10.1. The number of amides is 2. The van der Waals surface area contributed by atoms with E-state index in [4.69, 9.17) is 24.7 Å². The highest BCUT2D eigenvalue weighted by Gasteiger charge is 2.51. The molecule has 3 rings (SSSR count). The quantitative estimate of drug-likeness (QED) is 0.197. The fraction of sp³-hybridized carbons (Fsp3) is 0.679. The molecule has 0 saturated carbocycles. The molecule has 0 radical (unpaired) electrons. The van der Waals surface area contributed by atoms with E-state index in [2.05, 4.69) is 24.4 Å². The van der Waals surface area contributed by atoms with E-state index in [-0.39, 0.29) is 66.2 Å². The van der Waals surface area contributed by atoms with E-state index in [1.165, 1.54) is 13.0 Å². The largest absolute Gasteiger partial charge is 0.459 e. The highest BCUT2D eigenvalue weighted by Crippen LogP contribution is 2.43. The van der Waals surface area contributed by atoms with Crippen LogP contribution in [0.1, 0.15) is 66.7 Å². The summed E-state index contributed by atoms with van der Waals surface area (Å²) in [5, 5.41) is 3.01. The molecular weight excluding hydrogens is 476 g/mol. The highest BCUT2D eigenvalue weighted by atomic mass is 16.6. The first kappa shape index (κ1) is 29.1. The van der Waals surface area contributed by atoms with Gasteiger partial charge in [-0.2, -0.15) is 0 Å². The van der Waals surface area contributed by atoms with Gasteiger partial charge < -0.3 is 30.0 Å². The number of hydrogen-bond acceptors (Lipinski definition) is 7. The minimum atomic E-state index is -0.458. The zero-order chi connectivity index (χ0) is 27.2. The minimum absolute atomic E-state index is 0.0556. The first-order valence-electron chi connectivity index (χ1n) is 13.2. The first-order valence-corrected chi connectivity index (χ1v) is 13.2. The fourth-order valence-electron chi connectivity index (χ4n) is 5.10. The van der Waals surface area contributed by atoms with Crippen LogP contribution in [0.15, 0.2) is 36.0 Å². The molecule has 3 aliphatic rings. The van der Waals surface area contributed by atoms with E-state index in [1.54, 1.807) is 13.0 Å². The van der Waals surface area contributed by atoms with Gasteiger partial charge in [0.2, 0.25) is 11.8 Å². The second-order valence-corrected chi connectivity index (χ2v) is 10.8. The molecule has 1 spiro atoms. The summed E-state index contributed by atoms with van der Waals surface area (Å²) in [5.41, 5.74) is 6.32. The molecule has 0 aliphatic carbocycles. The number of nitrogens with one attached hydrogen (secondary N) is 1. The van der Waals surface area contributed by atoms with Crippen LogP contribution in [0.5, 0.6) is 0 Å². The smallest absolute Gasteiger partial charge is 0.303 e. The number of rotatable bonds is 10. The molecule has 2 amide bonds. The van der Waals surface area contributed by atoms with Crippen molar-refractivity contribution in [3.8, 4) is 0 Å². The lowest BCUT2D eigenvalue weighted by atomic mass is 9.88. The van der Waals surface area contributed by atoms with Crippen LogP contribution in [0.4, 0.5) is 0 Å². The molecule has 8 atom stereocenters.